The van der Waals surface area contributed by atoms with Gasteiger partial charge in [-0.25, -0.2) is 0 Å². The summed E-state index contributed by atoms with van der Waals surface area (Å²) in [6.07, 6.45) is 12.6. The van der Waals surface area contributed by atoms with Crippen LogP contribution in [-0.4, -0.2) is 32.4 Å². The van der Waals surface area contributed by atoms with E-state index in [0.29, 0.717) is 23.0 Å². The van der Waals surface area contributed by atoms with Crippen LogP contribution in [0.5, 0.6) is 23.0 Å². The van der Waals surface area contributed by atoms with E-state index in [1.165, 1.54) is 0 Å². The summed E-state index contributed by atoms with van der Waals surface area (Å²) in [6.45, 7) is 0.148. The van der Waals surface area contributed by atoms with E-state index in [2.05, 4.69) is 113 Å². The molecule has 6 aromatic rings. The van der Waals surface area contributed by atoms with Crippen molar-refractivity contribution in [3.63, 3.8) is 0 Å². The van der Waals surface area contributed by atoms with Gasteiger partial charge in [-0.2, -0.15) is 0 Å². The smallest absolute Gasteiger partial charge is 0.163 e. The van der Waals surface area contributed by atoms with Crippen LogP contribution in [0.1, 0.15) is 22.3 Å². The maximum atomic E-state index is 6.27. The van der Waals surface area contributed by atoms with E-state index < -0.39 is 5.41 Å². The number of benzene rings is 5. The van der Waals surface area contributed by atoms with Gasteiger partial charge in [-0.1, -0.05) is 48.5 Å². The Bertz CT molecular complexity index is 2650. The Labute approximate surface area is 329 Å². The fraction of sp³-hybridized carbons (Fsp3) is 0.104. The summed E-state index contributed by atoms with van der Waals surface area (Å²) in [7, 11) is 3.30. The van der Waals surface area contributed by atoms with Gasteiger partial charge in [0.25, 0.3) is 0 Å². The van der Waals surface area contributed by atoms with Gasteiger partial charge in [0, 0.05) is 26.3 Å². The monoisotopic (exact) mass is 877 g/mol. The van der Waals surface area contributed by atoms with Crippen molar-refractivity contribution in [1.29, 1.82) is 0 Å². The van der Waals surface area contributed by atoms with E-state index in [9.17, 15) is 0 Å². The molecule has 0 saturated heterocycles. The van der Waals surface area contributed by atoms with E-state index >= 15 is 0 Å². The van der Waals surface area contributed by atoms with Crippen LogP contribution in [0, 0.1) is 54.4 Å². The van der Waals surface area contributed by atoms with Crippen LogP contribution in [0.4, 0.5) is 0 Å². The fourth-order valence-electron chi connectivity index (χ4n) is 7.64. The minimum Gasteiger partial charge on any atom is -0.493 e. The zero-order valence-electron chi connectivity index (χ0n) is 29.4. The molecule has 0 saturated carbocycles. The Balaban J connectivity index is 0.00000450. The second-order valence-electron chi connectivity index (χ2n) is 12.3. The van der Waals surface area contributed by atoms with Gasteiger partial charge in [-0.15, -0.1) is 48.2 Å². The average Bonchev–Trinajstić information content (AvgIpc) is 3.66. The van der Waals surface area contributed by atoms with Crippen LogP contribution >= 0.6 is 0 Å². The standard InChI is InChI=1S/C48H30NO4.Ir/c1-5-7-13-24-52-46-29-38-37-28-44(50-3)45(51-4)30-41(37)48(42(38)31-47(46)53-25-14-8-6-2)39-19-10-9-18-35(39)36-27-33(21-22-40(36)48)32-16-15-17-34(26-32)43-20-11-12-23-49-43;/h1-2,9-12,15-16,18-23,26-31H,24-25H2,3-4H3;/q-1;. The first-order valence-corrected chi connectivity index (χ1v) is 16.9. The molecular weight excluding hydrogens is 847 g/mol. The average molecular weight is 877 g/mol. The molecule has 0 N–H and O–H groups in total. The zero-order valence-corrected chi connectivity index (χ0v) is 31.8. The molecule has 1 unspecified atom stereocenters. The first kappa shape index (κ1) is 35.7. The van der Waals surface area contributed by atoms with Crippen LogP contribution in [0.25, 0.3) is 44.6 Å². The molecule has 0 bridgehead atoms. The van der Waals surface area contributed by atoms with Crippen molar-refractivity contribution in [1.82, 2.24) is 4.98 Å². The van der Waals surface area contributed by atoms with Gasteiger partial charge in [0.1, 0.15) is 13.2 Å². The summed E-state index contributed by atoms with van der Waals surface area (Å²) in [6, 6.07) is 38.9. The van der Waals surface area contributed by atoms with Crippen molar-refractivity contribution in [2.75, 3.05) is 27.4 Å². The Morgan fingerprint density at radius 3 is 1.89 bits per heavy atom. The van der Waals surface area contributed by atoms with Crippen molar-refractivity contribution in [2.45, 2.75) is 5.41 Å². The number of terminal acetylenes is 2. The summed E-state index contributed by atoms with van der Waals surface area (Å²) < 4.78 is 24.2. The minimum atomic E-state index is -0.733. The van der Waals surface area contributed by atoms with Crippen molar-refractivity contribution in [2.24, 2.45) is 0 Å². The number of pyridine rings is 1. The number of nitrogens with zero attached hydrogens (tertiary/aromatic N) is 1. The molecule has 54 heavy (non-hydrogen) atoms. The van der Waals surface area contributed by atoms with Crippen LogP contribution in [-0.2, 0) is 25.5 Å². The summed E-state index contributed by atoms with van der Waals surface area (Å²) >= 11 is 0. The molecule has 6 heteroatoms. The third-order valence-corrected chi connectivity index (χ3v) is 9.75. The van der Waals surface area contributed by atoms with E-state index in [4.69, 9.17) is 31.8 Å². The summed E-state index contributed by atoms with van der Waals surface area (Å²) in [5.41, 5.74) is 11.8. The normalized spacial score (nSPS) is 13.5. The van der Waals surface area contributed by atoms with Crippen LogP contribution in [0.3, 0.4) is 0 Å². The summed E-state index contributed by atoms with van der Waals surface area (Å²) in [5, 5.41) is 0. The Hall–Kier alpha value is -6.66. The first-order valence-electron chi connectivity index (χ1n) is 16.9. The molecule has 0 fully saturated rings. The van der Waals surface area contributed by atoms with Crippen LogP contribution < -0.4 is 18.9 Å². The number of hydrogen-bond donors (Lipinski definition) is 0. The van der Waals surface area contributed by atoms with Crippen LogP contribution in [0.2, 0.25) is 0 Å². The second-order valence-corrected chi connectivity index (χ2v) is 12.3. The maximum Gasteiger partial charge on any atom is 0.163 e. The van der Waals surface area contributed by atoms with Crippen molar-refractivity contribution in [3.05, 3.63) is 138 Å². The molecule has 1 aromatic heterocycles. The van der Waals surface area contributed by atoms with Crippen molar-refractivity contribution < 1.29 is 39.1 Å². The molecule has 1 radical (unpaired) electrons. The molecule has 5 aromatic carbocycles. The Morgan fingerprint density at radius 2 is 1.20 bits per heavy atom. The van der Waals surface area contributed by atoms with Gasteiger partial charge < -0.3 is 23.9 Å². The first-order chi connectivity index (χ1) is 26.1. The van der Waals surface area contributed by atoms with Crippen molar-refractivity contribution in [3.8, 4) is 116 Å². The molecule has 2 aliphatic rings. The predicted octanol–water partition coefficient (Wildman–Crippen LogP) is 8.60. The number of hydrogen-bond acceptors (Lipinski definition) is 5. The minimum absolute atomic E-state index is 0. The number of methoxy groups -OCH3 is 2. The molecule has 1 spiro atoms. The Morgan fingerprint density at radius 1 is 0.611 bits per heavy atom. The topological polar surface area (TPSA) is 49.8 Å². The fourth-order valence-corrected chi connectivity index (χ4v) is 7.64. The molecular formula is C48H30IrNO4-. The van der Waals surface area contributed by atoms with Gasteiger partial charge in [-0.3, -0.25) is 0 Å². The van der Waals surface area contributed by atoms with E-state index in [1.807, 2.05) is 36.4 Å². The molecule has 8 rings (SSSR count). The SMILES string of the molecule is C#CC#CCOc1cc2c(cc1OCC#CC#C)C1(c3ccccc3-c3cc(-c4cc[c-]c(-c5ccccn5)c4)ccc31)c1cc(OC)c(OC)cc1-2.[Ir]. The van der Waals surface area contributed by atoms with Crippen LogP contribution in [0.15, 0.2) is 109 Å². The van der Waals surface area contributed by atoms with Gasteiger partial charge >= 0.3 is 0 Å². The van der Waals surface area contributed by atoms with Gasteiger partial charge in [0.05, 0.1) is 19.6 Å². The second kappa shape index (κ2) is 15.1. The summed E-state index contributed by atoms with van der Waals surface area (Å²) in [5.74, 6) is 17.9. The largest absolute Gasteiger partial charge is 0.493 e. The quantitative estimate of drug-likeness (QED) is 0.113. The third kappa shape index (κ3) is 5.86. The number of rotatable bonds is 8. The molecule has 1 atom stereocenters. The third-order valence-electron chi connectivity index (χ3n) is 9.75. The number of ether oxygens (including phenoxy) is 4. The molecule has 0 aliphatic heterocycles. The molecule has 0 amide bonds. The van der Waals surface area contributed by atoms with Gasteiger partial charge in [-0.05, 0) is 128 Å². The zero-order chi connectivity index (χ0) is 36.4. The molecule has 1 heterocycles. The predicted molar refractivity (Wildman–Crippen MR) is 208 cm³/mol. The van der Waals surface area contributed by atoms with Gasteiger partial charge in [0.15, 0.2) is 23.0 Å². The van der Waals surface area contributed by atoms with Crippen molar-refractivity contribution >= 4 is 0 Å². The van der Waals surface area contributed by atoms with E-state index in [-0.39, 0.29) is 33.3 Å². The molecule has 261 valence electrons. The molecule has 2 aliphatic carbocycles. The van der Waals surface area contributed by atoms with E-state index in [1.54, 1.807) is 20.4 Å². The van der Waals surface area contributed by atoms with Gasteiger partial charge in [0.2, 0.25) is 0 Å². The van der Waals surface area contributed by atoms with E-state index in [0.717, 1.165) is 66.9 Å². The maximum absolute atomic E-state index is 6.27. The number of aromatic nitrogens is 1. The molecule has 5 nitrogen and oxygen atoms in total. The Kier molecular flexibility index (Phi) is 10.0. The summed E-state index contributed by atoms with van der Waals surface area (Å²) in [4.78, 5) is 4.55. The number of fused-ring (bicyclic) bond motifs is 10.